The van der Waals surface area contributed by atoms with Crippen molar-refractivity contribution in [3.05, 3.63) is 53.9 Å². The average Bonchev–Trinajstić information content (AvgIpc) is 3.15. The SMILES string of the molecule is CCOc1cccc(C(=O)/C=C\c2cnc(N3CCCC3)nc2)c1. The van der Waals surface area contributed by atoms with Gasteiger partial charge < -0.3 is 9.64 Å². The first-order valence-corrected chi connectivity index (χ1v) is 8.28. The van der Waals surface area contributed by atoms with E-state index < -0.39 is 0 Å². The molecule has 0 aliphatic carbocycles. The summed E-state index contributed by atoms with van der Waals surface area (Å²) in [6.45, 7) is 4.53. The van der Waals surface area contributed by atoms with Gasteiger partial charge in [0.25, 0.3) is 0 Å². The number of hydrogen-bond acceptors (Lipinski definition) is 5. The lowest BCUT2D eigenvalue weighted by Crippen LogP contribution is -2.20. The molecule has 1 aliphatic rings. The van der Waals surface area contributed by atoms with E-state index in [0.29, 0.717) is 17.9 Å². The van der Waals surface area contributed by atoms with Crippen LogP contribution < -0.4 is 9.64 Å². The van der Waals surface area contributed by atoms with Crippen LogP contribution >= 0.6 is 0 Å². The Morgan fingerprint density at radius 2 is 2.00 bits per heavy atom. The van der Waals surface area contributed by atoms with Crippen LogP contribution in [0.2, 0.25) is 0 Å². The Bertz CT molecular complexity index is 720. The summed E-state index contributed by atoms with van der Waals surface area (Å²) in [7, 11) is 0. The molecule has 0 atom stereocenters. The van der Waals surface area contributed by atoms with Crippen LogP contribution in [0, 0.1) is 0 Å². The third-order valence-electron chi connectivity index (χ3n) is 3.90. The minimum Gasteiger partial charge on any atom is -0.494 e. The third kappa shape index (κ3) is 3.98. The van der Waals surface area contributed by atoms with Crippen molar-refractivity contribution >= 4 is 17.8 Å². The van der Waals surface area contributed by atoms with Gasteiger partial charge in [-0.15, -0.1) is 0 Å². The molecule has 1 aliphatic heterocycles. The Kier molecular flexibility index (Phi) is 5.21. The summed E-state index contributed by atoms with van der Waals surface area (Å²) in [5.41, 5.74) is 1.42. The fourth-order valence-electron chi connectivity index (χ4n) is 2.67. The van der Waals surface area contributed by atoms with Crippen LogP contribution in [0.4, 0.5) is 5.95 Å². The van der Waals surface area contributed by atoms with E-state index in [1.165, 1.54) is 12.8 Å². The maximum Gasteiger partial charge on any atom is 0.225 e. The first-order valence-electron chi connectivity index (χ1n) is 8.28. The molecule has 0 amide bonds. The lowest BCUT2D eigenvalue weighted by Gasteiger charge is -2.14. The molecule has 0 N–H and O–H groups in total. The number of ether oxygens (including phenoxy) is 1. The molecule has 0 bridgehead atoms. The quantitative estimate of drug-likeness (QED) is 0.602. The lowest BCUT2D eigenvalue weighted by molar-refractivity contribution is 0.104. The lowest BCUT2D eigenvalue weighted by atomic mass is 10.1. The van der Waals surface area contributed by atoms with Gasteiger partial charge in [0.1, 0.15) is 5.75 Å². The van der Waals surface area contributed by atoms with Crippen LogP contribution in [0.3, 0.4) is 0 Å². The van der Waals surface area contributed by atoms with Crippen LogP contribution in [0.25, 0.3) is 6.08 Å². The third-order valence-corrected chi connectivity index (χ3v) is 3.90. The number of allylic oxidation sites excluding steroid dienone is 1. The van der Waals surface area contributed by atoms with Gasteiger partial charge >= 0.3 is 0 Å². The Hall–Kier alpha value is -2.69. The molecular formula is C19H21N3O2. The van der Waals surface area contributed by atoms with Gasteiger partial charge in [-0.2, -0.15) is 0 Å². The number of carbonyl (C=O) groups is 1. The highest BCUT2D eigenvalue weighted by atomic mass is 16.5. The van der Waals surface area contributed by atoms with E-state index in [-0.39, 0.29) is 5.78 Å². The molecule has 0 spiro atoms. The fraction of sp³-hybridized carbons (Fsp3) is 0.316. The van der Waals surface area contributed by atoms with Gasteiger partial charge in [-0.3, -0.25) is 4.79 Å². The molecule has 124 valence electrons. The number of ketones is 1. The van der Waals surface area contributed by atoms with Gasteiger partial charge in [-0.25, -0.2) is 9.97 Å². The molecular weight excluding hydrogens is 302 g/mol. The van der Waals surface area contributed by atoms with Crippen LogP contribution in [0.1, 0.15) is 35.7 Å². The summed E-state index contributed by atoms with van der Waals surface area (Å²) in [5, 5.41) is 0. The predicted molar refractivity (Wildman–Crippen MR) is 94.5 cm³/mol. The van der Waals surface area contributed by atoms with Crippen molar-refractivity contribution < 1.29 is 9.53 Å². The van der Waals surface area contributed by atoms with Gasteiger partial charge in [0.05, 0.1) is 6.61 Å². The van der Waals surface area contributed by atoms with Gasteiger partial charge in [-0.05, 0) is 44.1 Å². The molecule has 5 nitrogen and oxygen atoms in total. The van der Waals surface area contributed by atoms with Crippen molar-refractivity contribution in [1.82, 2.24) is 9.97 Å². The zero-order valence-electron chi connectivity index (χ0n) is 13.8. The van der Waals surface area contributed by atoms with Crippen molar-refractivity contribution in [3.63, 3.8) is 0 Å². The van der Waals surface area contributed by atoms with Crippen LogP contribution in [0.15, 0.2) is 42.7 Å². The molecule has 3 rings (SSSR count). The maximum atomic E-state index is 12.3. The molecule has 0 saturated carbocycles. The van der Waals surface area contributed by atoms with Gasteiger partial charge in [0.2, 0.25) is 5.95 Å². The summed E-state index contributed by atoms with van der Waals surface area (Å²) in [6, 6.07) is 7.19. The van der Waals surface area contributed by atoms with Crippen LogP contribution in [-0.4, -0.2) is 35.4 Å². The molecule has 0 unspecified atom stereocenters. The number of rotatable bonds is 6. The zero-order chi connectivity index (χ0) is 16.8. The number of aromatic nitrogens is 2. The van der Waals surface area contributed by atoms with E-state index in [9.17, 15) is 4.79 Å². The second-order valence-electron chi connectivity index (χ2n) is 5.67. The minimum absolute atomic E-state index is 0.0693. The number of hydrogen-bond donors (Lipinski definition) is 0. The molecule has 5 heteroatoms. The van der Waals surface area contributed by atoms with E-state index in [0.717, 1.165) is 24.6 Å². The van der Waals surface area contributed by atoms with E-state index in [4.69, 9.17) is 4.74 Å². The summed E-state index contributed by atoms with van der Waals surface area (Å²) >= 11 is 0. The van der Waals surface area contributed by atoms with Crippen molar-refractivity contribution in [2.24, 2.45) is 0 Å². The van der Waals surface area contributed by atoms with Crippen molar-refractivity contribution in [2.75, 3.05) is 24.6 Å². The molecule has 1 aromatic carbocycles. The number of nitrogens with zero attached hydrogens (tertiary/aromatic N) is 3. The molecule has 1 saturated heterocycles. The molecule has 0 radical (unpaired) electrons. The van der Waals surface area contributed by atoms with Crippen molar-refractivity contribution in [1.29, 1.82) is 0 Å². The molecule has 1 fully saturated rings. The Morgan fingerprint density at radius 1 is 1.25 bits per heavy atom. The number of carbonyl (C=O) groups excluding carboxylic acids is 1. The highest BCUT2D eigenvalue weighted by Gasteiger charge is 2.14. The first-order chi connectivity index (χ1) is 11.8. The average molecular weight is 323 g/mol. The number of benzene rings is 1. The molecule has 1 aromatic heterocycles. The van der Waals surface area contributed by atoms with E-state index in [1.54, 1.807) is 36.7 Å². The Morgan fingerprint density at radius 3 is 2.71 bits per heavy atom. The first kappa shape index (κ1) is 16.2. The standard InChI is InChI=1S/C19H21N3O2/c1-2-24-17-7-5-6-16(12-17)18(23)9-8-15-13-20-19(21-14-15)22-10-3-4-11-22/h5-9,12-14H,2-4,10-11H2,1H3/b9-8-. The maximum absolute atomic E-state index is 12.3. The fourth-order valence-corrected chi connectivity index (χ4v) is 2.67. The summed E-state index contributed by atoms with van der Waals surface area (Å²) in [4.78, 5) is 23.2. The smallest absolute Gasteiger partial charge is 0.225 e. The molecule has 2 heterocycles. The molecule has 24 heavy (non-hydrogen) atoms. The Labute approximate surface area is 142 Å². The normalized spacial score (nSPS) is 14.3. The van der Waals surface area contributed by atoms with E-state index >= 15 is 0 Å². The van der Waals surface area contributed by atoms with Crippen molar-refractivity contribution in [3.8, 4) is 5.75 Å². The summed E-state index contributed by atoms with van der Waals surface area (Å²) in [5.74, 6) is 1.40. The second-order valence-corrected chi connectivity index (χ2v) is 5.67. The second kappa shape index (κ2) is 7.73. The van der Waals surface area contributed by atoms with E-state index in [2.05, 4.69) is 14.9 Å². The van der Waals surface area contributed by atoms with Gasteiger partial charge in [0, 0.05) is 36.6 Å². The van der Waals surface area contributed by atoms with Gasteiger partial charge in [-0.1, -0.05) is 12.1 Å². The van der Waals surface area contributed by atoms with Gasteiger partial charge in [0.15, 0.2) is 5.78 Å². The largest absolute Gasteiger partial charge is 0.494 e. The highest BCUT2D eigenvalue weighted by Crippen LogP contribution is 2.16. The summed E-state index contributed by atoms with van der Waals surface area (Å²) in [6.07, 6.45) is 9.17. The zero-order valence-corrected chi connectivity index (χ0v) is 13.8. The van der Waals surface area contributed by atoms with E-state index in [1.807, 2.05) is 19.1 Å². The number of anilines is 1. The van der Waals surface area contributed by atoms with Crippen molar-refractivity contribution in [2.45, 2.75) is 19.8 Å². The highest BCUT2D eigenvalue weighted by molar-refractivity contribution is 6.07. The monoisotopic (exact) mass is 323 g/mol. The summed E-state index contributed by atoms with van der Waals surface area (Å²) < 4.78 is 5.42. The Balaban J connectivity index is 1.66. The minimum atomic E-state index is -0.0693. The predicted octanol–water partition coefficient (Wildman–Crippen LogP) is 3.37. The van der Waals surface area contributed by atoms with Crippen LogP contribution in [-0.2, 0) is 0 Å². The molecule has 2 aromatic rings. The topological polar surface area (TPSA) is 55.3 Å². The van der Waals surface area contributed by atoms with Crippen LogP contribution in [0.5, 0.6) is 5.75 Å².